The van der Waals surface area contributed by atoms with Gasteiger partial charge in [-0.05, 0) is 69.1 Å². The number of fused-ring (bicyclic) bond motifs is 5. The average Bonchev–Trinajstić information content (AvgIpc) is 2.87. The monoisotopic (exact) mass is 452 g/mol. The zero-order valence-electron chi connectivity index (χ0n) is 21.7. The van der Waals surface area contributed by atoms with E-state index in [9.17, 15) is 0 Å². The zero-order valence-corrected chi connectivity index (χ0v) is 21.7. The van der Waals surface area contributed by atoms with Crippen LogP contribution in [0, 0.1) is 0 Å². The summed E-state index contributed by atoms with van der Waals surface area (Å²) in [5.74, 6) is 0. The van der Waals surface area contributed by atoms with Crippen molar-refractivity contribution in [3.63, 3.8) is 0 Å². The quantitative estimate of drug-likeness (QED) is 0.132. The van der Waals surface area contributed by atoms with Crippen molar-refractivity contribution in [1.29, 1.82) is 0 Å². The van der Waals surface area contributed by atoms with Gasteiger partial charge in [-0.3, -0.25) is 0 Å². The fraction of sp³-hybridized carbons (Fsp3) is 0.471. The highest BCUT2D eigenvalue weighted by atomic mass is 14.1. The molecule has 0 heteroatoms. The largest absolute Gasteiger partial charge is 0.0654 e. The van der Waals surface area contributed by atoms with E-state index in [2.05, 4.69) is 74.5 Å². The van der Waals surface area contributed by atoms with Gasteiger partial charge in [0.25, 0.3) is 0 Å². The summed E-state index contributed by atoms with van der Waals surface area (Å²) in [6.07, 6.45) is 18.7. The van der Waals surface area contributed by atoms with Crippen LogP contribution in [0.4, 0.5) is 0 Å². The van der Waals surface area contributed by atoms with Gasteiger partial charge in [-0.15, -0.1) is 0 Å². The molecule has 4 aromatic carbocycles. The molecule has 0 bridgehead atoms. The van der Waals surface area contributed by atoms with Crippen LogP contribution in [-0.4, -0.2) is 0 Å². The van der Waals surface area contributed by atoms with Crippen LogP contribution in [0.5, 0.6) is 0 Å². The summed E-state index contributed by atoms with van der Waals surface area (Å²) >= 11 is 0. The summed E-state index contributed by atoms with van der Waals surface area (Å²) < 4.78 is 0. The molecule has 0 aliphatic rings. The Hall–Kier alpha value is -2.34. The predicted octanol–water partition coefficient (Wildman–Crippen LogP) is 11.0. The van der Waals surface area contributed by atoms with Crippen LogP contribution in [0.25, 0.3) is 32.3 Å². The number of unbranched alkanes of at least 4 members (excludes halogenated alkanes) is 10. The van der Waals surface area contributed by atoms with Crippen molar-refractivity contribution in [1.82, 2.24) is 0 Å². The number of rotatable bonds is 14. The summed E-state index contributed by atoms with van der Waals surface area (Å²) in [6.45, 7) is 4.58. The second-order valence-corrected chi connectivity index (χ2v) is 10.3. The maximum atomic E-state index is 2.39. The van der Waals surface area contributed by atoms with Gasteiger partial charge in [-0.1, -0.05) is 139 Å². The molecule has 0 radical (unpaired) electrons. The number of benzene rings is 4. The highest BCUT2D eigenvalue weighted by Gasteiger charge is 2.09. The smallest absolute Gasteiger partial charge is 0.00989 e. The molecule has 0 aromatic heterocycles. The van der Waals surface area contributed by atoms with Crippen molar-refractivity contribution in [2.24, 2.45) is 0 Å². The fourth-order valence-electron chi connectivity index (χ4n) is 5.70. The summed E-state index contributed by atoms with van der Waals surface area (Å²) in [5.41, 5.74) is 3.04. The molecule has 180 valence electrons. The molecule has 4 rings (SSSR count). The normalized spacial score (nSPS) is 11.7. The first kappa shape index (κ1) is 24.8. The van der Waals surface area contributed by atoms with E-state index in [1.165, 1.54) is 133 Å². The Balaban J connectivity index is 1.54. The van der Waals surface area contributed by atoms with E-state index in [0.717, 1.165) is 0 Å². The first-order valence-corrected chi connectivity index (χ1v) is 14.2. The molecule has 0 amide bonds. The van der Waals surface area contributed by atoms with Gasteiger partial charge in [0.2, 0.25) is 0 Å². The van der Waals surface area contributed by atoms with Gasteiger partial charge < -0.3 is 0 Å². The lowest BCUT2D eigenvalue weighted by atomic mass is 9.91. The molecule has 0 fully saturated rings. The molecule has 0 unspecified atom stereocenters. The molecular weight excluding hydrogens is 408 g/mol. The Kier molecular flexibility index (Phi) is 9.43. The third-order valence-corrected chi connectivity index (χ3v) is 7.70. The molecule has 4 aromatic rings. The predicted molar refractivity (Wildman–Crippen MR) is 153 cm³/mol. The lowest BCUT2D eigenvalue weighted by molar-refractivity contribution is 0.608. The SMILES string of the molecule is CCCCCCCCc1cccc2c1ccc1c3cccc(CCCCCCCC)c3ccc21. The van der Waals surface area contributed by atoms with Gasteiger partial charge in [-0.25, -0.2) is 0 Å². The molecule has 0 heterocycles. The van der Waals surface area contributed by atoms with Gasteiger partial charge in [0.15, 0.2) is 0 Å². The van der Waals surface area contributed by atoms with E-state index in [-0.39, 0.29) is 0 Å². The minimum atomic E-state index is 1.20. The van der Waals surface area contributed by atoms with E-state index in [1.54, 1.807) is 0 Å². The molecule has 0 nitrogen and oxygen atoms in total. The fourth-order valence-corrected chi connectivity index (χ4v) is 5.70. The van der Waals surface area contributed by atoms with Crippen LogP contribution >= 0.6 is 0 Å². The van der Waals surface area contributed by atoms with E-state index >= 15 is 0 Å². The van der Waals surface area contributed by atoms with Crippen LogP contribution in [0.2, 0.25) is 0 Å². The standard InChI is InChI=1S/C34H44/c1-3-5-7-9-11-13-17-27-19-15-21-31-29(27)23-25-34-32-22-16-20-28(30(32)24-26-33(31)34)18-14-12-10-8-6-4-2/h15-16,19-26H,3-14,17-18H2,1-2H3. The Morgan fingerprint density at radius 1 is 0.353 bits per heavy atom. The molecule has 0 atom stereocenters. The maximum Gasteiger partial charge on any atom is -0.00989 e. The minimum absolute atomic E-state index is 1.20. The first-order chi connectivity index (χ1) is 16.8. The maximum absolute atomic E-state index is 2.39. The number of hydrogen-bond acceptors (Lipinski definition) is 0. The lowest BCUT2D eigenvalue weighted by Gasteiger charge is -2.13. The van der Waals surface area contributed by atoms with E-state index in [1.807, 2.05) is 0 Å². The summed E-state index contributed by atoms with van der Waals surface area (Å²) in [6, 6.07) is 23.5. The topological polar surface area (TPSA) is 0 Å². The second kappa shape index (κ2) is 12.9. The van der Waals surface area contributed by atoms with Gasteiger partial charge >= 0.3 is 0 Å². The summed E-state index contributed by atoms with van der Waals surface area (Å²) in [4.78, 5) is 0. The number of aryl methyl sites for hydroxylation is 2. The van der Waals surface area contributed by atoms with Crippen molar-refractivity contribution in [2.75, 3.05) is 0 Å². The molecule has 0 aliphatic heterocycles. The van der Waals surface area contributed by atoms with Gasteiger partial charge in [0.05, 0.1) is 0 Å². The van der Waals surface area contributed by atoms with Gasteiger partial charge in [-0.2, -0.15) is 0 Å². The first-order valence-electron chi connectivity index (χ1n) is 14.2. The highest BCUT2D eigenvalue weighted by molar-refractivity contribution is 6.18. The van der Waals surface area contributed by atoms with Crippen LogP contribution < -0.4 is 0 Å². The lowest BCUT2D eigenvalue weighted by Crippen LogP contribution is -1.91. The Labute approximate surface area is 207 Å². The molecule has 34 heavy (non-hydrogen) atoms. The van der Waals surface area contributed by atoms with Crippen molar-refractivity contribution in [3.8, 4) is 0 Å². The third kappa shape index (κ3) is 6.01. The van der Waals surface area contributed by atoms with Crippen LogP contribution in [-0.2, 0) is 12.8 Å². The third-order valence-electron chi connectivity index (χ3n) is 7.70. The van der Waals surface area contributed by atoms with Crippen molar-refractivity contribution < 1.29 is 0 Å². The van der Waals surface area contributed by atoms with Crippen LogP contribution in [0.15, 0.2) is 60.7 Å². The number of hydrogen-bond donors (Lipinski definition) is 0. The average molecular weight is 453 g/mol. The van der Waals surface area contributed by atoms with Crippen LogP contribution in [0.3, 0.4) is 0 Å². The molecule has 0 spiro atoms. The Morgan fingerprint density at radius 3 is 1.15 bits per heavy atom. The zero-order chi connectivity index (χ0) is 23.6. The molecule has 0 aliphatic carbocycles. The van der Waals surface area contributed by atoms with Crippen LogP contribution in [0.1, 0.15) is 102 Å². The molecule has 0 saturated carbocycles. The summed E-state index contributed by atoms with van der Waals surface area (Å²) in [7, 11) is 0. The van der Waals surface area contributed by atoms with Crippen molar-refractivity contribution in [2.45, 2.75) is 104 Å². The Morgan fingerprint density at radius 2 is 0.706 bits per heavy atom. The van der Waals surface area contributed by atoms with E-state index < -0.39 is 0 Å². The molecule has 0 saturated heterocycles. The van der Waals surface area contributed by atoms with Crippen molar-refractivity contribution >= 4 is 32.3 Å². The molecule has 0 N–H and O–H groups in total. The second-order valence-electron chi connectivity index (χ2n) is 10.3. The Bertz CT molecular complexity index is 1090. The molecular formula is C34H44. The van der Waals surface area contributed by atoms with Crippen molar-refractivity contribution in [3.05, 3.63) is 71.8 Å². The van der Waals surface area contributed by atoms with Gasteiger partial charge in [0, 0.05) is 0 Å². The van der Waals surface area contributed by atoms with E-state index in [4.69, 9.17) is 0 Å². The minimum Gasteiger partial charge on any atom is -0.0654 e. The van der Waals surface area contributed by atoms with Gasteiger partial charge in [0.1, 0.15) is 0 Å². The highest BCUT2D eigenvalue weighted by Crippen LogP contribution is 2.34. The summed E-state index contributed by atoms with van der Waals surface area (Å²) in [5, 5.41) is 8.56. The van der Waals surface area contributed by atoms with E-state index in [0.29, 0.717) is 0 Å².